The number of hydrogen-bond donors (Lipinski definition) is 2. The highest BCUT2D eigenvalue weighted by atomic mass is 16.7. The molecule has 0 aromatic heterocycles. The Balaban J connectivity index is 1.60. The summed E-state index contributed by atoms with van der Waals surface area (Å²) >= 11 is 0. The molecule has 7 heteroatoms. The lowest BCUT2D eigenvalue weighted by molar-refractivity contribution is -0.117. The van der Waals surface area contributed by atoms with Gasteiger partial charge in [-0.3, -0.25) is 9.59 Å². The molecule has 33 heavy (non-hydrogen) atoms. The minimum Gasteiger partial charge on any atom is -0.454 e. The lowest BCUT2D eigenvalue weighted by Crippen LogP contribution is -2.33. The number of ether oxygens (including phenoxy) is 2. The Morgan fingerprint density at radius 2 is 1.58 bits per heavy atom. The summed E-state index contributed by atoms with van der Waals surface area (Å²) in [6.07, 6.45) is 2.20. The fraction of sp³-hybridized carbons (Fsp3) is 0.115. The van der Waals surface area contributed by atoms with E-state index in [-0.39, 0.29) is 12.5 Å². The van der Waals surface area contributed by atoms with Gasteiger partial charge in [-0.05, 0) is 47.9 Å². The second-order valence-electron chi connectivity index (χ2n) is 7.21. The zero-order chi connectivity index (χ0) is 23.0. The van der Waals surface area contributed by atoms with Gasteiger partial charge in [0.1, 0.15) is 5.70 Å². The first kappa shape index (κ1) is 21.8. The fourth-order valence-electron chi connectivity index (χ4n) is 3.27. The van der Waals surface area contributed by atoms with Crippen LogP contribution in [0.15, 0.2) is 89.7 Å². The van der Waals surface area contributed by atoms with Crippen molar-refractivity contribution in [3.8, 4) is 11.5 Å². The van der Waals surface area contributed by atoms with Gasteiger partial charge < -0.3 is 14.8 Å². The smallest absolute Gasteiger partial charge is 0.287 e. The molecule has 3 aromatic carbocycles. The van der Waals surface area contributed by atoms with Gasteiger partial charge in [-0.15, -0.1) is 0 Å². The molecule has 2 amide bonds. The van der Waals surface area contributed by atoms with E-state index in [9.17, 15) is 9.59 Å². The molecule has 0 fully saturated rings. The van der Waals surface area contributed by atoms with Crippen molar-refractivity contribution >= 4 is 23.6 Å². The molecule has 2 N–H and O–H groups in total. The van der Waals surface area contributed by atoms with Crippen LogP contribution in [0.1, 0.15) is 34.8 Å². The van der Waals surface area contributed by atoms with E-state index < -0.39 is 11.8 Å². The number of rotatable bonds is 7. The maximum atomic E-state index is 13.0. The Labute approximate surface area is 191 Å². The Morgan fingerprint density at radius 1 is 0.909 bits per heavy atom. The van der Waals surface area contributed by atoms with Crippen molar-refractivity contribution in [1.29, 1.82) is 0 Å². The molecule has 4 rings (SSSR count). The number of benzene rings is 3. The molecule has 1 aliphatic heterocycles. The number of nitrogens with one attached hydrogen (secondary N) is 2. The fourth-order valence-corrected chi connectivity index (χ4v) is 3.27. The van der Waals surface area contributed by atoms with Gasteiger partial charge in [0, 0.05) is 5.56 Å². The lowest BCUT2D eigenvalue weighted by atomic mass is 10.1. The molecule has 0 unspecified atom stereocenters. The Morgan fingerprint density at radius 3 is 2.27 bits per heavy atom. The van der Waals surface area contributed by atoms with Crippen molar-refractivity contribution in [2.24, 2.45) is 5.10 Å². The van der Waals surface area contributed by atoms with Crippen LogP contribution in [0.3, 0.4) is 0 Å². The molecule has 1 heterocycles. The van der Waals surface area contributed by atoms with E-state index in [2.05, 4.69) is 15.8 Å². The second-order valence-corrected chi connectivity index (χ2v) is 7.21. The average molecular weight is 441 g/mol. The molecule has 0 aliphatic carbocycles. The number of nitrogens with zero attached hydrogens (tertiary/aromatic N) is 1. The number of hydrogen-bond acceptors (Lipinski definition) is 5. The molecular weight excluding hydrogens is 418 g/mol. The summed E-state index contributed by atoms with van der Waals surface area (Å²) in [7, 11) is 0. The van der Waals surface area contributed by atoms with Crippen LogP contribution < -0.4 is 20.2 Å². The van der Waals surface area contributed by atoms with Crippen molar-refractivity contribution < 1.29 is 19.1 Å². The van der Waals surface area contributed by atoms with Crippen LogP contribution in [0.4, 0.5) is 0 Å². The minimum atomic E-state index is -0.543. The van der Waals surface area contributed by atoms with Crippen molar-refractivity contribution in [2.45, 2.75) is 13.3 Å². The number of hydrazone groups is 1. The second kappa shape index (κ2) is 10.3. The van der Waals surface area contributed by atoms with E-state index in [0.717, 1.165) is 11.3 Å². The Hall–Kier alpha value is -4.39. The Kier molecular flexibility index (Phi) is 6.80. The van der Waals surface area contributed by atoms with Gasteiger partial charge >= 0.3 is 0 Å². The molecule has 0 saturated heterocycles. The van der Waals surface area contributed by atoms with E-state index in [1.807, 2.05) is 43.3 Å². The zero-order valence-corrected chi connectivity index (χ0v) is 18.1. The molecule has 0 atom stereocenters. The molecule has 0 saturated carbocycles. The number of carbonyl (C=O) groups is 2. The first-order chi connectivity index (χ1) is 16.1. The number of fused-ring (bicyclic) bond motifs is 1. The summed E-state index contributed by atoms with van der Waals surface area (Å²) in [4.78, 5) is 25.8. The summed E-state index contributed by atoms with van der Waals surface area (Å²) in [5, 5.41) is 6.99. The molecule has 3 aromatic rings. The van der Waals surface area contributed by atoms with E-state index in [1.165, 1.54) is 0 Å². The summed E-state index contributed by atoms with van der Waals surface area (Å²) in [5.74, 6) is 0.263. The monoisotopic (exact) mass is 441 g/mol. The summed E-state index contributed by atoms with van der Waals surface area (Å²) < 4.78 is 10.8. The summed E-state index contributed by atoms with van der Waals surface area (Å²) in [6, 6.07) is 23.5. The van der Waals surface area contributed by atoms with Gasteiger partial charge in [-0.2, -0.15) is 5.10 Å². The topological polar surface area (TPSA) is 89.0 Å². The third-order valence-corrected chi connectivity index (χ3v) is 4.97. The van der Waals surface area contributed by atoms with E-state index in [0.29, 0.717) is 29.0 Å². The molecule has 7 nitrogen and oxygen atoms in total. The predicted octanol–water partition coefficient (Wildman–Crippen LogP) is 4.12. The summed E-state index contributed by atoms with van der Waals surface area (Å²) in [6.45, 7) is 2.10. The molecule has 0 bridgehead atoms. The van der Waals surface area contributed by atoms with Gasteiger partial charge in [0.25, 0.3) is 11.8 Å². The third kappa shape index (κ3) is 5.46. The van der Waals surface area contributed by atoms with Gasteiger partial charge in [0.2, 0.25) is 6.79 Å². The first-order valence-corrected chi connectivity index (χ1v) is 10.5. The summed E-state index contributed by atoms with van der Waals surface area (Å²) in [5.41, 5.74) is 5.36. The van der Waals surface area contributed by atoms with Crippen LogP contribution >= 0.6 is 0 Å². The van der Waals surface area contributed by atoms with Gasteiger partial charge in [0.05, 0.1) is 5.71 Å². The van der Waals surface area contributed by atoms with Crippen molar-refractivity contribution in [2.75, 3.05) is 6.79 Å². The van der Waals surface area contributed by atoms with Crippen LogP contribution in [-0.2, 0) is 4.79 Å². The van der Waals surface area contributed by atoms with Crippen molar-refractivity contribution in [1.82, 2.24) is 10.7 Å². The first-order valence-electron chi connectivity index (χ1n) is 10.5. The molecule has 166 valence electrons. The molecule has 1 aliphatic rings. The SMILES string of the molecule is CC/C(=N/NC(=O)/C(=C\c1ccc2c(c1)OCO2)NC(=O)c1ccccc1)c1ccccc1. The number of carbonyl (C=O) groups excluding carboxylic acids is 2. The van der Waals surface area contributed by atoms with Crippen LogP contribution in [0, 0.1) is 0 Å². The number of amides is 2. The third-order valence-electron chi connectivity index (χ3n) is 4.97. The molecular formula is C26H23N3O4. The highest BCUT2D eigenvalue weighted by Gasteiger charge is 2.17. The molecule has 0 spiro atoms. The standard InChI is InChI=1S/C26H23N3O4/c1-2-21(19-9-5-3-6-10-19)28-29-26(31)22(27-25(30)20-11-7-4-8-12-20)15-18-13-14-23-24(16-18)33-17-32-23/h3-16H,2,17H2,1H3,(H,27,30)(H,29,31)/b22-15+,28-21-. The quantitative estimate of drug-likeness (QED) is 0.328. The van der Waals surface area contributed by atoms with Gasteiger partial charge in [-0.25, -0.2) is 5.43 Å². The predicted molar refractivity (Wildman–Crippen MR) is 126 cm³/mol. The van der Waals surface area contributed by atoms with Crippen LogP contribution in [0.5, 0.6) is 11.5 Å². The van der Waals surface area contributed by atoms with Gasteiger partial charge in [0.15, 0.2) is 11.5 Å². The van der Waals surface area contributed by atoms with Crippen molar-refractivity contribution in [3.63, 3.8) is 0 Å². The van der Waals surface area contributed by atoms with Crippen LogP contribution in [0.25, 0.3) is 6.08 Å². The van der Waals surface area contributed by atoms with Crippen LogP contribution in [0.2, 0.25) is 0 Å². The largest absolute Gasteiger partial charge is 0.454 e. The molecule has 0 radical (unpaired) electrons. The minimum absolute atomic E-state index is 0.0509. The normalized spacial score (nSPS) is 12.9. The van der Waals surface area contributed by atoms with E-state index in [1.54, 1.807) is 48.5 Å². The Bertz CT molecular complexity index is 1200. The van der Waals surface area contributed by atoms with Crippen LogP contribution in [-0.4, -0.2) is 24.3 Å². The highest BCUT2D eigenvalue weighted by molar-refractivity contribution is 6.06. The zero-order valence-electron chi connectivity index (χ0n) is 18.1. The van der Waals surface area contributed by atoms with E-state index in [4.69, 9.17) is 9.47 Å². The lowest BCUT2D eigenvalue weighted by Gasteiger charge is -2.11. The van der Waals surface area contributed by atoms with E-state index >= 15 is 0 Å². The maximum Gasteiger partial charge on any atom is 0.287 e. The maximum absolute atomic E-state index is 13.0. The average Bonchev–Trinajstić information content (AvgIpc) is 3.33. The highest BCUT2D eigenvalue weighted by Crippen LogP contribution is 2.33. The van der Waals surface area contributed by atoms with Crippen molar-refractivity contribution in [3.05, 3.63) is 101 Å². The van der Waals surface area contributed by atoms with Gasteiger partial charge in [-0.1, -0.05) is 61.5 Å².